The number of fused-ring (bicyclic) bond motifs is 1. The molecule has 1 aliphatic rings. The van der Waals surface area contributed by atoms with Crippen molar-refractivity contribution in [2.24, 2.45) is 5.73 Å². The third kappa shape index (κ3) is 1.83. The molecule has 2 N–H and O–H groups in total. The second kappa shape index (κ2) is 4.27. The standard InChI is InChI=1S/C15H13Cl2N/c16-13-7-3-6-12(14(13)17)15(18)8-10-4-1-2-5-11(10)9-15/h1-7H,8-9,18H2. The van der Waals surface area contributed by atoms with Gasteiger partial charge in [0.1, 0.15) is 0 Å². The summed E-state index contributed by atoms with van der Waals surface area (Å²) in [4.78, 5) is 0. The first-order chi connectivity index (χ1) is 8.60. The van der Waals surface area contributed by atoms with E-state index in [4.69, 9.17) is 28.9 Å². The minimum Gasteiger partial charge on any atom is -0.321 e. The average Bonchev–Trinajstić information content (AvgIpc) is 2.69. The Hall–Kier alpha value is -1.02. The smallest absolute Gasteiger partial charge is 0.0643 e. The van der Waals surface area contributed by atoms with Crippen molar-refractivity contribution >= 4 is 23.2 Å². The molecule has 0 heterocycles. The Morgan fingerprint density at radius 3 is 2.11 bits per heavy atom. The van der Waals surface area contributed by atoms with Crippen molar-refractivity contribution in [3.8, 4) is 0 Å². The van der Waals surface area contributed by atoms with Crippen LogP contribution in [-0.4, -0.2) is 0 Å². The van der Waals surface area contributed by atoms with Crippen molar-refractivity contribution in [2.45, 2.75) is 18.4 Å². The Labute approximate surface area is 117 Å². The zero-order chi connectivity index (χ0) is 12.8. The highest BCUT2D eigenvalue weighted by Crippen LogP contribution is 2.40. The molecule has 0 atom stereocenters. The molecule has 3 heteroatoms. The Bertz CT molecular complexity index is 582. The second-order valence-electron chi connectivity index (χ2n) is 4.88. The van der Waals surface area contributed by atoms with E-state index < -0.39 is 5.54 Å². The lowest BCUT2D eigenvalue weighted by Gasteiger charge is -2.25. The summed E-state index contributed by atoms with van der Waals surface area (Å²) in [6.07, 6.45) is 1.62. The molecule has 1 nitrogen and oxygen atoms in total. The molecular formula is C15H13Cl2N. The van der Waals surface area contributed by atoms with E-state index >= 15 is 0 Å². The molecule has 0 amide bonds. The Morgan fingerprint density at radius 1 is 0.889 bits per heavy atom. The first kappa shape index (κ1) is 12.0. The van der Waals surface area contributed by atoms with Crippen LogP contribution >= 0.6 is 23.2 Å². The lowest BCUT2D eigenvalue weighted by atomic mass is 9.88. The molecule has 0 aliphatic heterocycles. The lowest BCUT2D eigenvalue weighted by Crippen LogP contribution is -2.37. The first-order valence-electron chi connectivity index (χ1n) is 5.90. The van der Waals surface area contributed by atoms with Crippen molar-refractivity contribution in [3.05, 3.63) is 69.2 Å². The van der Waals surface area contributed by atoms with Crippen LogP contribution in [0.1, 0.15) is 16.7 Å². The molecule has 0 saturated heterocycles. The fourth-order valence-electron chi connectivity index (χ4n) is 2.72. The van der Waals surface area contributed by atoms with Crippen LogP contribution in [0.25, 0.3) is 0 Å². The molecule has 0 aromatic heterocycles. The predicted octanol–water partition coefficient (Wildman–Crippen LogP) is 3.95. The van der Waals surface area contributed by atoms with Gasteiger partial charge in [0.25, 0.3) is 0 Å². The molecule has 3 rings (SSSR count). The molecule has 92 valence electrons. The highest BCUT2D eigenvalue weighted by molar-refractivity contribution is 6.42. The van der Waals surface area contributed by atoms with E-state index in [0.29, 0.717) is 10.0 Å². The van der Waals surface area contributed by atoms with Gasteiger partial charge in [-0.05, 0) is 35.6 Å². The van der Waals surface area contributed by atoms with Gasteiger partial charge in [-0.1, -0.05) is 59.6 Å². The second-order valence-corrected chi connectivity index (χ2v) is 5.66. The van der Waals surface area contributed by atoms with Gasteiger partial charge in [0, 0.05) is 0 Å². The van der Waals surface area contributed by atoms with Crippen LogP contribution in [0.15, 0.2) is 42.5 Å². The maximum atomic E-state index is 6.56. The number of rotatable bonds is 1. The summed E-state index contributed by atoms with van der Waals surface area (Å²) in [6.45, 7) is 0. The summed E-state index contributed by atoms with van der Waals surface area (Å²) >= 11 is 12.4. The van der Waals surface area contributed by atoms with E-state index in [1.54, 1.807) is 6.07 Å². The summed E-state index contributed by atoms with van der Waals surface area (Å²) in [5.41, 5.74) is 9.66. The van der Waals surface area contributed by atoms with E-state index in [9.17, 15) is 0 Å². The number of hydrogen-bond donors (Lipinski definition) is 1. The summed E-state index contributed by atoms with van der Waals surface area (Å²) in [6, 6.07) is 14.0. The fraction of sp³-hybridized carbons (Fsp3) is 0.200. The molecule has 0 unspecified atom stereocenters. The van der Waals surface area contributed by atoms with E-state index in [2.05, 4.69) is 12.1 Å². The number of nitrogens with two attached hydrogens (primary N) is 1. The van der Waals surface area contributed by atoms with Crippen molar-refractivity contribution in [1.82, 2.24) is 0 Å². The van der Waals surface area contributed by atoms with Gasteiger partial charge < -0.3 is 5.73 Å². The highest BCUT2D eigenvalue weighted by atomic mass is 35.5. The van der Waals surface area contributed by atoms with E-state index in [1.165, 1.54) is 11.1 Å². The normalized spacial score (nSPS) is 16.6. The zero-order valence-electron chi connectivity index (χ0n) is 9.79. The molecule has 0 fully saturated rings. The summed E-state index contributed by atoms with van der Waals surface area (Å²) in [5.74, 6) is 0. The molecule has 0 spiro atoms. The molecule has 1 aliphatic carbocycles. The monoisotopic (exact) mass is 277 g/mol. The van der Waals surface area contributed by atoms with Gasteiger partial charge in [0.05, 0.1) is 15.6 Å². The van der Waals surface area contributed by atoms with Crippen LogP contribution in [-0.2, 0) is 18.4 Å². The molecule has 0 bridgehead atoms. The van der Waals surface area contributed by atoms with Crippen molar-refractivity contribution in [1.29, 1.82) is 0 Å². The number of halogens is 2. The average molecular weight is 278 g/mol. The minimum absolute atomic E-state index is 0.439. The first-order valence-corrected chi connectivity index (χ1v) is 6.66. The maximum Gasteiger partial charge on any atom is 0.0643 e. The van der Waals surface area contributed by atoms with E-state index in [0.717, 1.165) is 18.4 Å². The number of benzene rings is 2. The van der Waals surface area contributed by atoms with Crippen LogP contribution in [0.5, 0.6) is 0 Å². The van der Waals surface area contributed by atoms with E-state index in [-0.39, 0.29) is 0 Å². The minimum atomic E-state index is -0.439. The van der Waals surface area contributed by atoms with Crippen molar-refractivity contribution in [2.75, 3.05) is 0 Å². The Kier molecular flexibility index (Phi) is 2.86. The molecule has 0 saturated carbocycles. The topological polar surface area (TPSA) is 26.0 Å². The molecule has 0 radical (unpaired) electrons. The highest BCUT2D eigenvalue weighted by Gasteiger charge is 2.36. The number of hydrogen-bond acceptors (Lipinski definition) is 1. The third-order valence-corrected chi connectivity index (χ3v) is 4.44. The molecule has 2 aromatic carbocycles. The van der Waals surface area contributed by atoms with E-state index in [1.807, 2.05) is 24.3 Å². The van der Waals surface area contributed by atoms with Crippen LogP contribution in [0.3, 0.4) is 0 Å². The van der Waals surface area contributed by atoms with Gasteiger partial charge in [0.2, 0.25) is 0 Å². The third-order valence-electron chi connectivity index (χ3n) is 3.62. The fourth-order valence-corrected chi connectivity index (χ4v) is 3.21. The SMILES string of the molecule is NC1(c2cccc(Cl)c2Cl)Cc2ccccc2C1. The summed E-state index contributed by atoms with van der Waals surface area (Å²) in [7, 11) is 0. The Balaban J connectivity index is 2.07. The van der Waals surface area contributed by atoms with Crippen molar-refractivity contribution in [3.63, 3.8) is 0 Å². The van der Waals surface area contributed by atoms with Crippen molar-refractivity contribution < 1.29 is 0 Å². The Morgan fingerprint density at radius 2 is 1.50 bits per heavy atom. The quantitative estimate of drug-likeness (QED) is 0.839. The van der Waals surface area contributed by atoms with Crippen LogP contribution in [0.4, 0.5) is 0 Å². The van der Waals surface area contributed by atoms with Gasteiger partial charge in [-0.25, -0.2) is 0 Å². The molecule has 18 heavy (non-hydrogen) atoms. The zero-order valence-corrected chi connectivity index (χ0v) is 11.3. The van der Waals surface area contributed by atoms with Gasteiger partial charge in [0.15, 0.2) is 0 Å². The molecule has 2 aromatic rings. The lowest BCUT2D eigenvalue weighted by molar-refractivity contribution is 0.473. The van der Waals surface area contributed by atoms with Crippen LogP contribution in [0.2, 0.25) is 10.0 Å². The largest absolute Gasteiger partial charge is 0.321 e. The predicted molar refractivity (Wildman–Crippen MR) is 76.2 cm³/mol. The van der Waals surface area contributed by atoms with Gasteiger partial charge >= 0.3 is 0 Å². The van der Waals surface area contributed by atoms with Gasteiger partial charge in [-0.3, -0.25) is 0 Å². The maximum absolute atomic E-state index is 6.56. The van der Waals surface area contributed by atoms with Gasteiger partial charge in [-0.15, -0.1) is 0 Å². The summed E-state index contributed by atoms with van der Waals surface area (Å²) < 4.78 is 0. The molecular weight excluding hydrogens is 265 g/mol. The van der Waals surface area contributed by atoms with Crippen LogP contribution in [0, 0.1) is 0 Å². The van der Waals surface area contributed by atoms with Gasteiger partial charge in [-0.2, -0.15) is 0 Å². The van der Waals surface area contributed by atoms with Crippen LogP contribution < -0.4 is 5.73 Å². The summed E-state index contributed by atoms with van der Waals surface area (Å²) in [5, 5.41) is 1.14.